The van der Waals surface area contributed by atoms with Gasteiger partial charge in [0.05, 0.1) is 0 Å². The molecule has 0 atom stereocenters. The van der Waals surface area contributed by atoms with E-state index in [9.17, 15) is 0 Å². The van der Waals surface area contributed by atoms with E-state index in [1.807, 2.05) is 11.8 Å². The van der Waals surface area contributed by atoms with E-state index in [0.717, 1.165) is 17.4 Å². The lowest BCUT2D eigenvalue weighted by molar-refractivity contribution is 0.359. The zero-order valence-electron chi connectivity index (χ0n) is 12.1. The fraction of sp³-hybridized carbons (Fsp3) is 0.562. The van der Waals surface area contributed by atoms with Gasteiger partial charge >= 0.3 is 0 Å². The quantitative estimate of drug-likeness (QED) is 0.756. The molecule has 2 nitrogen and oxygen atoms in total. The number of rotatable bonds is 1. The first-order valence-electron chi connectivity index (χ1n) is 7.29. The number of aryl methyl sites for hydroxylation is 2. The smallest absolute Gasteiger partial charge is 0.161 e. The van der Waals surface area contributed by atoms with Crippen LogP contribution in [0.3, 0.4) is 0 Å². The average Bonchev–Trinajstić information content (AvgIpc) is 2.87. The Morgan fingerprint density at radius 3 is 2.40 bits per heavy atom. The Hall–Kier alpha value is -0.480. The summed E-state index contributed by atoms with van der Waals surface area (Å²) in [5.41, 5.74) is 4.20. The Balaban J connectivity index is 1.71. The summed E-state index contributed by atoms with van der Waals surface area (Å²) in [6.45, 7) is 5.27. The van der Waals surface area contributed by atoms with Gasteiger partial charge in [0.25, 0.3) is 0 Å². The Kier molecular flexibility index (Phi) is 4.14. The van der Waals surface area contributed by atoms with Crippen molar-refractivity contribution in [3.8, 4) is 0 Å². The van der Waals surface area contributed by atoms with Crippen molar-refractivity contribution in [1.82, 2.24) is 0 Å². The number of anilines is 1. The molecule has 1 heterocycles. The molecular formula is C16H21BrN2S. The van der Waals surface area contributed by atoms with Crippen LogP contribution in [0.25, 0.3) is 0 Å². The molecule has 0 unspecified atom stereocenters. The lowest BCUT2D eigenvalue weighted by Gasteiger charge is -2.31. The van der Waals surface area contributed by atoms with Crippen LogP contribution in [0, 0.1) is 19.3 Å². The lowest BCUT2D eigenvalue weighted by Crippen LogP contribution is -2.30. The second-order valence-corrected chi connectivity index (χ2v) is 7.92. The van der Waals surface area contributed by atoms with E-state index >= 15 is 0 Å². The molecule has 20 heavy (non-hydrogen) atoms. The Bertz CT molecular complexity index is 524. The zero-order chi connectivity index (χ0) is 14.2. The SMILES string of the molecule is Cc1cc(NC2=NCC3(CCCC3)CS2)cc(C)c1Br. The number of halogens is 1. The number of nitrogens with one attached hydrogen (secondary N) is 1. The number of hydrogen-bond donors (Lipinski definition) is 1. The van der Waals surface area contributed by atoms with Gasteiger partial charge in [0.1, 0.15) is 0 Å². The molecule has 1 fully saturated rings. The van der Waals surface area contributed by atoms with Crippen LogP contribution in [0.1, 0.15) is 36.8 Å². The fourth-order valence-corrected chi connectivity index (χ4v) is 4.59. The Morgan fingerprint density at radius 2 is 1.85 bits per heavy atom. The van der Waals surface area contributed by atoms with Crippen molar-refractivity contribution in [3.63, 3.8) is 0 Å². The number of amidine groups is 1. The highest BCUT2D eigenvalue weighted by Crippen LogP contribution is 2.43. The van der Waals surface area contributed by atoms with E-state index < -0.39 is 0 Å². The maximum Gasteiger partial charge on any atom is 0.161 e. The van der Waals surface area contributed by atoms with Crippen LogP contribution in [0.5, 0.6) is 0 Å². The van der Waals surface area contributed by atoms with Crippen molar-refractivity contribution in [2.75, 3.05) is 17.6 Å². The van der Waals surface area contributed by atoms with Crippen LogP contribution >= 0.6 is 27.7 Å². The summed E-state index contributed by atoms with van der Waals surface area (Å²) in [6, 6.07) is 4.36. The first-order valence-corrected chi connectivity index (χ1v) is 9.07. The van der Waals surface area contributed by atoms with E-state index in [1.165, 1.54) is 47.0 Å². The maximum absolute atomic E-state index is 4.80. The second-order valence-electron chi connectivity index (χ2n) is 6.17. The largest absolute Gasteiger partial charge is 0.335 e. The van der Waals surface area contributed by atoms with Gasteiger partial charge in [-0.15, -0.1) is 0 Å². The molecule has 0 amide bonds. The highest BCUT2D eigenvalue weighted by Gasteiger charge is 2.36. The topological polar surface area (TPSA) is 24.4 Å². The normalized spacial score (nSPS) is 21.1. The molecule has 3 rings (SSSR count). The molecule has 1 spiro atoms. The number of hydrogen-bond acceptors (Lipinski definition) is 3. The summed E-state index contributed by atoms with van der Waals surface area (Å²) in [5.74, 6) is 1.23. The minimum absolute atomic E-state index is 0.515. The van der Waals surface area contributed by atoms with Crippen LogP contribution in [0.15, 0.2) is 21.6 Å². The van der Waals surface area contributed by atoms with Gasteiger partial charge < -0.3 is 5.32 Å². The van der Waals surface area contributed by atoms with Gasteiger partial charge in [-0.25, -0.2) is 0 Å². The molecule has 0 aromatic heterocycles. The van der Waals surface area contributed by atoms with Gasteiger partial charge in [0.15, 0.2) is 5.17 Å². The predicted molar refractivity (Wildman–Crippen MR) is 92.9 cm³/mol. The highest BCUT2D eigenvalue weighted by molar-refractivity contribution is 9.10. The van der Waals surface area contributed by atoms with E-state index in [0.29, 0.717) is 5.41 Å². The van der Waals surface area contributed by atoms with Crippen molar-refractivity contribution < 1.29 is 0 Å². The van der Waals surface area contributed by atoms with Gasteiger partial charge in [-0.2, -0.15) is 0 Å². The van der Waals surface area contributed by atoms with E-state index in [-0.39, 0.29) is 0 Å². The predicted octanol–water partition coefficient (Wildman–Crippen LogP) is 5.14. The third kappa shape index (κ3) is 2.91. The van der Waals surface area contributed by atoms with Crippen LogP contribution in [0.4, 0.5) is 5.69 Å². The van der Waals surface area contributed by atoms with Gasteiger partial charge in [-0.3, -0.25) is 4.99 Å². The van der Waals surface area contributed by atoms with Crippen LogP contribution in [-0.4, -0.2) is 17.5 Å². The maximum atomic E-state index is 4.80. The number of nitrogens with zero attached hydrogens (tertiary/aromatic N) is 1. The first kappa shape index (κ1) is 14.5. The van der Waals surface area contributed by atoms with Gasteiger partial charge in [-0.05, 0) is 55.4 Å². The van der Waals surface area contributed by atoms with Gasteiger partial charge in [-0.1, -0.05) is 40.5 Å². The van der Waals surface area contributed by atoms with Crippen molar-refractivity contribution in [1.29, 1.82) is 0 Å². The Morgan fingerprint density at radius 1 is 1.20 bits per heavy atom. The number of benzene rings is 1. The van der Waals surface area contributed by atoms with E-state index in [1.54, 1.807) is 0 Å². The summed E-state index contributed by atoms with van der Waals surface area (Å²) >= 11 is 5.51. The monoisotopic (exact) mass is 352 g/mol. The molecule has 0 bridgehead atoms. The first-order chi connectivity index (χ1) is 9.58. The molecule has 1 aliphatic carbocycles. The average molecular weight is 353 g/mol. The third-order valence-corrected chi connectivity index (χ3v) is 6.94. The van der Waals surface area contributed by atoms with E-state index in [4.69, 9.17) is 4.99 Å². The van der Waals surface area contributed by atoms with Crippen LogP contribution < -0.4 is 5.32 Å². The minimum Gasteiger partial charge on any atom is -0.335 e. The molecule has 1 saturated carbocycles. The fourth-order valence-electron chi connectivity index (χ4n) is 3.20. The summed E-state index contributed by atoms with van der Waals surface area (Å²) in [6.07, 6.45) is 5.52. The molecule has 2 aliphatic rings. The van der Waals surface area contributed by atoms with Crippen molar-refractivity contribution >= 4 is 38.5 Å². The number of aliphatic imine (C=N–C) groups is 1. The summed E-state index contributed by atoms with van der Waals surface area (Å²) in [7, 11) is 0. The highest BCUT2D eigenvalue weighted by atomic mass is 79.9. The summed E-state index contributed by atoms with van der Waals surface area (Å²) < 4.78 is 1.20. The molecule has 108 valence electrons. The molecule has 1 N–H and O–H groups in total. The van der Waals surface area contributed by atoms with Gasteiger partial charge in [0.2, 0.25) is 0 Å². The molecule has 1 aromatic carbocycles. The third-order valence-electron chi connectivity index (χ3n) is 4.43. The zero-order valence-corrected chi connectivity index (χ0v) is 14.5. The molecule has 1 aromatic rings. The molecule has 4 heteroatoms. The van der Waals surface area contributed by atoms with Crippen molar-refractivity contribution in [2.24, 2.45) is 10.4 Å². The second kappa shape index (κ2) is 5.72. The van der Waals surface area contributed by atoms with Crippen molar-refractivity contribution in [3.05, 3.63) is 27.7 Å². The minimum atomic E-state index is 0.515. The molecule has 0 radical (unpaired) electrons. The summed E-state index contributed by atoms with van der Waals surface area (Å²) in [4.78, 5) is 4.80. The van der Waals surface area contributed by atoms with Gasteiger partial charge in [0, 0.05) is 22.5 Å². The Labute approximate surface area is 134 Å². The summed E-state index contributed by atoms with van der Waals surface area (Å²) in [5, 5.41) is 4.57. The van der Waals surface area contributed by atoms with Crippen molar-refractivity contribution in [2.45, 2.75) is 39.5 Å². The molecule has 1 aliphatic heterocycles. The lowest BCUT2D eigenvalue weighted by atomic mass is 9.89. The standard InChI is InChI=1S/C16H21BrN2S/c1-11-7-13(8-12(2)14(11)17)19-15-18-9-16(10-20-15)5-3-4-6-16/h7-8H,3-6,9-10H2,1-2H3,(H,18,19). The van der Waals surface area contributed by atoms with Crippen LogP contribution in [-0.2, 0) is 0 Å². The number of thioether (sulfide) groups is 1. The molecular weight excluding hydrogens is 332 g/mol. The van der Waals surface area contributed by atoms with E-state index in [2.05, 4.69) is 47.2 Å². The molecule has 0 saturated heterocycles. The van der Waals surface area contributed by atoms with Crippen LogP contribution in [0.2, 0.25) is 0 Å².